The molecule has 0 aliphatic heterocycles. The van der Waals surface area contributed by atoms with Gasteiger partial charge in [0, 0.05) is 0 Å². The first-order valence-electron chi connectivity index (χ1n) is 8.14. The van der Waals surface area contributed by atoms with Crippen LogP contribution in [0.15, 0.2) is 81.8 Å². The molecule has 4 rings (SSSR count). The summed E-state index contributed by atoms with van der Waals surface area (Å²) in [4.78, 5) is 0. The molecule has 25 heavy (non-hydrogen) atoms. The van der Waals surface area contributed by atoms with Gasteiger partial charge in [-0.3, -0.25) is 0 Å². The Balaban J connectivity index is 1.66. The second kappa shape index (κ2) is 7.40. The first-order valence-corrected chi connectivity index (χ1v) is 10.0. The Hall–Kier alpha value is -1.50. The molecule has 126 valence electrons. The van der Waals surface area contributed by atoms with Crippen LogP contribution in [0.2, 0.25) is 10.0 Å². The van der Waals surface area contributed by atoms with Crippen molar-refractivity contribution in [3.8, 4) is 0 Å². The van der Waals surface area contributed by atoms with E-state index in [1.165, 1.54) is 31.2 Å². The Labute approximate surface area is 164 Å². The Morgan fingerprint density at radius 3 is 1.40 bits per heavy atom. The van der Waals surface area contributed by atoms with Crippen molar-refractivity contribution in [3.05, 3.63) is 103 Å². The van der Waals surface area contributed by atoms with Gasteiger partial charge in [-0.25, -0.2) is 0 Å². The van der Waals surface area contributed by atoms with E-state index >= 15 is 0 Å². The molecule has 0 nitrogen and oxygen atoms in total. The van der Waals surface area contributed by atoms with E-state index in [1.54, 1.807) is 0 Å². The molecule has 0 saturated carbocycles. The van der Waals surface area contributed by atoms with Crippen LogP contribution in [0.3, 0.4) is 0 Å². The van der Waals surface area contributed by atoms with Gasteiger partial charge in [0.2, 0.25) is 0 Å². The molecule has 0 fully saturated rings. The zero-order valence-electron chi connectivity index (χ0n) is 13.5. The van der Waals surface area contributed by atoms with Gasteiger partial charge in [0.25, 0.3) is 0 Å². The molecule has 0 unspecified atom stereocenters. The van der Waals surface area contributed by atoms with E-state index in [-0.39, 0.29) is 0 Å². The van der Waals surface area contributed by atoms with Crippen molar-refractivity contribution in [2.75, 3.05) is 0 Å². The van der Waals surface area contributed by atoms with Gasteiger partial charge in [-0.2, -0.15) is 0 Å². The number of hydrogen-bond donors (Lipinski definition) is 0. The molecule has 2 aromatic carbocycles. The van der Waals surface area contributed by atoms with Crippen molar-refractivity contribution < 1.29 is 15.0 Å². The monoisotopic (exact) mass is 406 g/mol. The van der Waals surface area contributed by atoms with Crippen LogP contribution in [0.25, 0.3) is 11.1 Å². The van der Waals surface area contributed by atoms with Crippen molar-refractivity contribution in [1.82, 2.24) is 0 Å². The van der Waals surface area contributed by atoms with Crippen molar-refractivity contribution in [1.29, 1.82) is 0 Å². The van der Waals surface area contributed by atoms with Gasteiger partial charge < -0.3 is 0 Å². The van der Waals surface area contributed by atoms with E-state index in [0.29, 0.717) is 0 Å². The number of rotatable bonds is 4. The summed E-state index contributed by atoms with van der Waals surface area (Å²) in [5.41, 5.74) is 5.17. The van der Waals surface area contributed by atoms with Gasteiger partial charge in [-0.15, -0.1) is 0 Å². The Morgan fingerprint density at radius 1 is 0.600 bits per heavy atom. The van der Waals surface area contributed by atoms with E-state index in [0.717, 1.165) is 37.8 Å². The molecule has 0 bridgehead atoms. The summed E-state index contributed by atoms with van der Waals surface area (Å²) in [5.74, 6) is 0. The molecule has 0 aromatic heterocycles. The fourth-order valence-corrected chi connectivity index (χ4v) is 4.95. The summed E-state index contributed by atoms with van der Waals surface area (Å²) >= 11 is 13.1. The average Bonchev–Trinajstić information content (AvgIpc) is 3.26. The summed E-state index contributed by atoms with van der Waals surface area (Å²) in [6.07, 6.45) is 11.0. The van der Waals surface area contributed by atoms with Crippen molar-refractivity contribution in [2.45, 2.75) is 12.8 Å². The Bertz CT molecular complexity index is 836. The van der Waals surface area contributed by atoms with Crippen LogP contribution >= 0.6 is 23.2 Å². The number of halogens is 2. The molecule has 0 amide bonds. The van der Waals surface area contributed by atoms with E-state index in [4.69, 9.17) is 23.2 Å². The minimum absolute atomic E-state index is 0.778. The summed E-state index contributed by atoms with van der Waals surface area (Å²) in [6.45, 7) is 0. The topological polar surface area (TPSA) is 0 Å². The standard InChI is InChI=1S/2C11H8Cl.Fe/c2*12-11-7-5-10(6-8-11)9-3-1-2-4-9;/h2*1,3,5-8H,2H2;. The second-order valence-corrected chi connectivity index (χ2v) is 8.40. The van der Waals surface area contributed by atoms with Crippen molar-refractivity contribution in [2.24, 2.45) is 0 Å². The van der Waals surface area contributed by atoms with Crippen molar-refractivity contribution >= 4 is 34.3 Å². The van der Waals surface area contributed by atoms with Crippen LogP contribution in [0.4, 0.5) is 0 Å². The normalized spacial score (nSPS) is 16.6. The number of hydrogen-bond acceptors (Lipinski definition) is 0. The molecular weight excluding hydrogens is 391 g/mol. The zero-order chi connectivity index (χ0) is 17.2. The predicted molar refractivity (Wildman–Crippen MR) is 104 cm³/mol. The maximum absolute atomic E-state index is 6.03. The van der Waals surface area contributed by atoms with E-state index in [1.807, 2.05) is 24.3 Å². The van der Waals surface area contributed by atoms with Crippen LogP contribution in [-0.2, 0) is 15.0 Å². The minimum atomic E-state index is 0.778. The molecule has 0 N–H and O–H groups in total. The van der Waals surface area contributed by atoms with Gasteiger partial charge >= 0.3 is 165 Å². The summed E-state index contributed by atoms with van der Waals surface area (Å²) < 4.78 is 2.96. The third-order valence-corrected chi connectivity index (χ3v) is 6.46. The Morgan fingerprint density at radius 2 is 1.00 bits per heavy atom. The van der Waals surface area contributed by atoms with E-state index in [9.17, 15) is 0 Å². The average molecular weight is 407 g/mol. The number of allylic oxidation sites excluding steroid dienone is 8. The maximum atomic E-state index is 6.03. The summed E-state index contributed by atoms with van der Waals surface area (Å²) in [6, 6.07) is 16.3. The third-order valence-electron chi connectivity index (χ3n) is 4.25. The van der Waals surface area contributed by atoms with Crippen molar-refractivity contribution in [3.63, 3.8) is 0 Å². The molecule has 0 saturated heterocycles. The summed E-state index contributed by atoms with van der Waals surface area (Å²) in [5, 5.41) is 1.56. The van der Waals surface area contributed by atoms with E-state index < -0.39 is 0 Å². The second-order valence-electron chi connectivity index (χ2n) is 5.92. The number of benzene rings is 2. The van der Waals surface area contributed by atoms with Gasteiger partial charge in [-0.1, -0.05) is 0 Å². The summed E-state index contributed by atoms with van der Waals surface area (Å²) in [7, 11) is 0. The quantitative estimate of drug-likeness (QED) is 0.474. The SMILES string of the molecule is Clc1ccc(C2=[C]([Fe][C]3=C(c4ccc(Cl)cc4)C=CC3)CC=C2)cc1. The fraction of sp³-hybridized carbons (Fsp3) is 0.0909. The molecule has 2 aliphatic rings. The van der Waals surface area contributed by atoms with Crippen LogP contribution < -0.4 is 0 Å². The van der Waals surface area contributed by atoms with Gasteiger partial charge in [0.1, 0.15) is 0 Å². The Kier molecular flexibility index (Phi) is 5.01. The first-order chi connectivity index (χ1) is 12.2. The third kappa shape index (κ3) is 3.71. The fourth-order valence-electron chi connectivity index (χ4n) is 3.01. The molecule has 0 atom stereocenters. The van der Waals surface area contributed by atoms with Gasteiger partial charge in [0.15, 0.2) is 0 Å². The molecule has 0 heterocycles. The predicted octanol–water partition coefficient (Wildman–Crippen LogP) is 7.12. The van der Waals surface area contributed by atoms with Gasteiger partial charge in [0.05, 0.1) is 0 Å². The zero-order valence-corrected chi connectivity index (χ0v) is 16.1. The van der Waals surface area contributed by atoms with Crippen LogP contribution in [0.5, 0.6) is 0 Å². The molecule has 2 aliphatic carbocycles. The van der Waals surface area contributed by atoms with Crippen LogP contribution in [0, 0.1) is 0 Å². The first kappa shape index (κ1) is 16.9. The van der Waals surface area contributed by atoms with Crippen LogP contribution in [-0.4, -0.2) is 0 Å². The molecule has 0 spiro atoms. The van der Waals surface area contributed by atoms with Gasteiger partial charge in [-0.05, 0) is 0 Å². The molecular formula is C22H16Cl2Fe. The molecule has 0 radical (unpaired) electrons. The van der Waals surface area contributed by atoms with E-state index in [2.05, 4.69) is 48.6 Å². The molecule has 3 heteroatoms. The molecule has 2 aromatic rings. The van der Waals surface area contributed by atoms with Crippen LogP contribution in [0.1, 0.15) is 24.0 Å².